The fourth-order valence-corrected chi connectivity index (χ4v) is 10.8. The van der Waals surface area contributed by atoms with Gasteiger partial charge in [0.25, 0.3) is 20.2 Å². The third-order valence-corrected chi connectivity index (χ3v) is 14.9. The van der Waals surface area contributed by atoms with E-state index in [-0.39, 0.29) is 55.8 Å². The Morgan fingerprint density at radius 3 is 1.78 bits per heavy atom. The molecule has 6 aromatic rings. The van der Waals surface area contributed by atoms with Crippen molar-refractivity contribution in [2.75, 3.05) is 26.6 Å². The normalized spacial score (nSPS) is 12.2. The molecule has 6 aromatic carbocycles. The summed E-state index contributed by atoms with van der Waals surface area (Å²) in [7, 11) is -14.6. The van der Waals surface area contributed by atoms with Crippen LogP contribution in [0.5, 0.6) is 0 Å². The number of anilines is 6. The van der Waals surface area contributed by atoms with Crippen LogP contribution in [0.25, 0.3) is 33.4 Å². The highest BCUT2D eigenvalue weighted by atomic mass is 32.2. The fraction of sp³-hybridized carbons (Fsp3) is 0.135. The number of fused-ring (bicyclic) bond motifs is 2. The summed E-state index contributed by atoms with van der Waals surface area (Å²) in [5, 5.41) is 14.3. The van der Waals surface area contributed by atoms with Gasteiger partial charge in [0, 0.05) is 57.0 Å². The number of carbonyl (C=O) groups excluding carboxylic acids is 2. The summed E-state index contributed by atoms with van der Waals surface area (Å²) >= 11 is 0. The van der Waals surface area contributed by atoms with Crippen molar-refractivity contribution in [1.29, 1.82) is 0 Å². The third kappa shape index (κ3) is 11.1. The molecule has 2 aliphatic rings. The van der Waals surface area contributed by atoms with Gasteiger partial charge in [-0.15, -0.1) is 0 Å². The van der Waals surface area contributed by atoms with Gasteiger partial charge in [-0.2, -0.15) is 16.8 Å². The van der Waals surface area contributed by atoms with Crippen molar-refractivity contribution < 1.29 is 54.3 Å². The summed E-state index contributed by atoms with van der Waals surface area (Å²) in [6, 6.07) is 27.9. The molecule has 9 N–H and O–H groups in total. The Kier molecular flexibility index (Phi) is 14.0. The number of urea groups is 2. The SMILES string of the molecule is Cc1cccc(NC(=O)Nc2c(C)cc(C)c(Nc3ccc4c(-c5ccccc5S(=O)(=O)O)c5cc(S(=O)(=O)O)c(=Nc6c(C)cc(C)c(NC(=O)Nc7cccc(P(=O)(O)O)c7)c6C)cc-5oc4c3)c2C)c1. The second-order valence-corrected chi connectivity index (χ2v) is 21.9. The van der Waals surface area contributed by atoms with Crippen LogP contribution in [0, 0.1) is 48.5 Å². The topological polar surface area (TPSA) is 286 Å². The van der Waals surface area contributed by atoms with Crippen LogP contribution in [-0.2, 0) is 24.8 Å². The second kappa shape index (κ2) is 19.7. The zero-order chi connectivity index (χ0) is 52.9. The summed E-state index contributed by atoms with van der Waals surface area (Å²) in [5.41, 5.74) is 8.09. The van der Waals surface area contributed by atoms with Crippen molar-refractivity contribution >= 4 is 96.0 Å². The summed E-state index contributed by atoms with van der Waals surface area (Å²) in [5.74, 6) is -0.0116. The van der Waals surface area contributed by atoms with Gasteiger partial charge in [-0.3, -0.25) is 13.7 Å². The zero-order valence-corrected chi connectivity index (χ0v) is 42.8. The van der Waals surface area contributed by atoms with Crippen molar-refractivity contribution in [1.82, 2.24) is 0 Å². The van der Waals surface area contributed by atoms with E-state index >= 15 is 0 Å². The lowest BCUT2D eigenvalue weighted by Crippen LogP contribution is -2.21. The van der Waals surface area contributed by atoms with Gasteiger partial charge in [-0.25, -0.2) is 14.6 Å². The van der Waals surface area contributed by atoms with Crippen molar-refractivity contribution in [3.8, 4) is 22.5 Å². The van der Waals surface area contributed by atoms with Crippen molar-refractivity contribution in [2.45, 2.75) is 58.3 Å². The summed E-state index contributed by atoms with van der Waals surface area (Å²) in [6.07, 6.45) is 0. The average Bonchev–Trinajstić information content (AvgIpc) is 3.30. The molecule has 8 rings (SSSR count). The van der Waals surface area contributed by atoms with Crippen LogP contribution in [-0.4, -0.2) is 47.8 Å². The number of carbonyl (C=O) groups is 2. The molecule has 0 radical (unpaired) electrons. The molecule has 0 atom stereocenters. The standard InChI is InChI=1S/C52H49N6O12PS2/c1-27-12-10-13-34(20-27)54-51(59)57-49-30(4)21-28(2)47(32(49)6)53-36-18-19-38-42(24-36)70-43-26-41(45(73(67,68)69)25-40(43)46(38)39-16-8-9-17-44(39)72(64,65)66)56-48-29(3)22-31(5)50(33(48)7)58-52(60)55-35-14-11-15-37(23-35)71(61,62)63/h8-26,53H,1-7H3,(H2,54,57,59)(H2,55,58,60)(H2,61,62,63)(H,64,65,66)(H,67,68,69). The van der Waals surface area contributed by atoms with Crippen molar-refractivity contribution in [3.63, 3.8) is 0 Å². The fourth-order valence-electron chi connectivity index (χ4n) is 8.88. The largest absolute Gasteiger partial charge is 0.456 e. The molecular weight excluding hydrogens is 996 g/mol. The van der Waals surface area contributed by atoms with Crippen LogP contribution in [0.15, 0.2) is 134 Å². The smallest absolute Gasteiger partial charge is 0.356 e. The maximum Gasteiger partial charge on any atom is 0.356 e. The lowest BCUT2D eigenvalue weighted by molar-refractivity contribution is 0.261. The molecule has 0 fully saturated rings. The number of nitrogens with one attached hydrogen (secondary N) is 5. The Bertz CT molecular complexity index is 3930. The van der Waals surface area contributed by atoms with Crippen LogP contribution < -0.4 is 37.2 Å². The number of hydrogen-bond donors (Lipinski definition) is 9. The molecule has 0 aromatic heterocycles. The molecule has 73 heavy (non-hydrogen) atoms. The number of benzene rings is 7. The lowest BCUT2D eigenvalue weighted by Gasteiger charge is -2.21. The molecule has 1 aliphatic carbocycles. The molecule has 21 heteroatoms. The molecule has 376 valence electrons. The first-order valence-corrected chi connectivity index (χ1v) is 26.8. The van der Waals surface area contributed by atoms with Gasteiger partial charge < -0.3 is 40.8 Å². The Morgan fingerprint density at radius 2 is 1.15 bits per heavy atom. The molecule has 4 amide bonds. The van der Waals surface area contributed by atoms with Crippen LogP contribution >= 0.6 is 7.60 Å². The van der Waals surface area contributed by atoms with E-state index in [2.05, 4.69) is 26.6 Å². The predicted octanol–water partition coefficient (Wildman–Crippen LogP) is 10.9. The maximum atomic E-state index is 13.4. The summed E-state index contributed by atoms with van der Waals surface area (Å²) in [4.78, 5) is 49.4. The minimum absolute atomic E-state index is 0.0116. The quantitative estimate of drug-likeness (QED) is 0.0331. The Morgan fingerprint density at radius 1 is 0.562 bits per heavy atom. The molecule has 1 heterocycles. The van der Waals surface area contributed by atoms with Crippen LogP contribution in [0.3, 0.4) is 0 Å². The molecule has 18 nitrogen and oxygen atoms in total. The first-order valence-electron chi connectivity index (χ1n) is 22.3. The minimum atomic E-state index is -5.11. The van der Waals surface area contributed by atoms with Gasteiger partial charge in [0.1, 0.15) is 21.1 Å². The maximum absolute atomic E-state index is 13.4. The molecule has 0 unspecified atom stereocenters. The van der Waals surface area contributed by atoms with Gasteiger partial charge >= 0.3 is 19.7 Å². The van der Waals surface area contributed by atoms with E-state index in [1.807, 2.05) is 52.0 Å². The highest BCUT2D eigenvalue weighted by Gasteiger charge is 2.28. The number of nitrogens with zero attached hydrogens (tertiary/aromatic N) is 1. The highest BCUT2D eigenvalue weighted by molar-refractivity contribution is 7.86. The molecular formula is C52H49N6O12PS2. The van der Waals surface area contributed by atoms with E-state index in [9.17, 15) is 49.9 Å². The average molecular weight is 1050 g/mol. The first kappa shape index (κ1) is 51.7. The van der Waals surface area contributed by atoms with E-state index in [0.29, 0.717) is 50.4 Å². The van der Waals surface area contributed by atoms with E-state index in [0.717, 1.165) is 28.8 Å². The molecule has 1 aliphatic heterocycles. The van der Waals surface area contributed by atoms with Gasteiger partial charge in [-0.05, 0) is 142 Å². The van der Waals surface area contributed by atoms with E-state index < -0.39 is 49.7 Å². The number of hydrogen-bond acceptors (Lipinski definition) is 10. The minimum Gasteiger partial charge on any atom is -0.456 e. The first-order chi connectivity index (χ1) is 34.3. The predicted molar refractivity (Wildman–Crippen MR) is 282 cm³/mol. The Balaban J connectivity index is 1.27. The second-order valence-electron chi connectivity index (χ2n) is 17.6. The lowest BCUT2D eigenvalue weighted by atomic mass is 9.93. The molecule has 0 spiro atoms. The summed E-state index contributed by atoms with van der Waals surface area (Å²) < 4.78 is 92.3. The monoisotopic (exact) mass is 1040 g/mol. The molecule has 0 bridgehead atoms. The van der Waals surface area contributed by atoms with Gasteiger partial charge in [0.2, 0.25) is 0 Å². The van der Waals surface area contributed by atoms with E-state index in [1.165, 1.54) is 42.5 Å². The molecule has 0 saturated heterocycles. The Hall–Kier alpha value is -7.68. The number of aryl methyl sites for hydroxylation is 5. The van der Waals surface area contributed by atoms with Crippen molar-refractivity contribution in [2.24, 2.45) is 4.99 Å². The number of amides is 4. The van der Waals surface area contributed by atoms with Gasteiger partial charge in [-0.1, -0.05) is 48.5 Å². The van der Waals surface area contributed by atoms with Gasteiger partial charge in [0.15, 0.2) is 0 Å². The number of rotatable bonds is 11. The molecule has 0 saturated carbocycles. The third-order valence-electron chi connectivity index (χ3n) is 12.1. The van der Waals surface area contributed by atoms with Crippen molar-refractivity contribution in [3.05, 3.63) is 160 Å². The Labute approximate surface area is 420 Å². The van der Waals surface area contributed by atoms with Crippen LogP contribution in [0.1, 0.15) is 38.9 Å². The van der Waals surface area contributed by atoms with Crippen LogP contribution in [0.2, 0.25) is 0 Å². The van der Waals surface area contributed by atoms with E-state index in [4.69, 9.17) is 9.41 Å². The highest BCUT2D eigenvalue weighted by Crippen LogP contribution is 2.45. The van der Waals surface area contributed by atoms with Crippen LogP contribution in [0.4, 0.5) is 49.4 Å². The summed E-state index contributed by atoms with van der Waals surface area (Å²) in [6.45, 7) is 12.6. The van der Waals surface area contributed by atoms with E-state index in [1.54, 1.807) is 57.2 Å². The van der Waals surface area contributed by atoms with Gasteiger partial charge in [0.05, 0.1) is 27.7 Å². The zero-order valence-electron chi connectivity index (χ0n) is 40.2.